The summed E-state index contributed by atoms with van der Waals surface area (Å²) in [6.07, 6.45) is 1.86. The highest BCUT2D eigenvalue weighted by Crippen LogP contribution is 2.25. The zero-order chi connectivity index (χ0) is 14.7. The van der Waals surface area contributed by atoms with Crippen LogP contribution in [0.25, 0.3) is 0 Å². The molecule has 0 unspecified atom stereocenters. The fraction of sp³-hybridized carbons (Fsp3) is 0.462. The van der Waals surface area contributed by atoms with Gasteiger partial charge >= 0.3 is 0 Å². The van der Waals surface area contributed by atoms with Crippen molar-refractivity contribution in [1.82, 2.24) is 14.9 Å². The van der Waals surface area contributed by atoms with E-state index in [9.17, 15) is 4.79 Å². The molecule has 0 radical (unpaired) electrons. The van der Waals surface area contributed by atoms with Gasteiger partial charge in [-0.25, -0.2) is 9.97 Å². The summed E-state index contributed by atoms with van der Waals surface area (Å²) in [6, 6.07) is 0. The topological polar surface area (TPSA) is 67.4 Å². The number of carbonyl (C=O) groups excluding carboxylic acids is 1. The molecule has 1 fully saturated rings. The number of ether oxygens (including phenoxy) is 1. The lowest BCUT2D eigenvalue weighted by atomic mass is 10.2. The molecule has 0 aromatic carbocycles. The lowest BCUT2D eigenvalue weighted by molar-refractivity contribution is -0.114. The van der Waals surface area contributed by atoms with Crippen LogP contribution < -0.4 is 5.32 Å². The summed E-state index contributed by atoms with van der Waals surface area (Å²) in [5, 5.41) is 8.35. The zero-order valence-electron chi connectivity index (χ0n) is 11.6. The Bertz CT molecular complexity index is 599. The number of anilines is 1. The van der Waals surface area contributed by atoms with Gasteiger partial charge in [-0.05, 0) is 0 Å². The summed E-state index contributed by atoms with van der Waals surface area (Å²) >= 11 is 3.08. The average Bonchev–Trinajstić information content (AvgIpc) is 3.10. The third-order valence-corrected chi connectivity index (χ3v) is 4.77. The molecule has 1 aliphatic rings. The van der Waals surface area contributed by atoms with Gasteiger partial charge in [-0.2, -0.15) is 0 Å². The van der Waals surface area contributed by atoms with Crippen molar-refractivity contribution in [3.8, 4) is 0 Å². The summed E-state index contributed by atoms with van der Waals surface area (Å²) in [5.41, 5.74) is 0.975. The molecule has 2 aromatic rings. The molecule has 0 bridgehead atoms. The van der Waals surface area contributed by atoms with Gasteiger partial charge in [0.25, 0.3) is 0 Å². The van der Waals surface area contributed by atoms with E-state index in [1.807, 2.05) is 17.0 Å². The Morgan fingerprint density at radius 3 is 3.24 bits per heavy atom. The Balaban J connectivity index is 1.59. The van der Waals surface area contributed by atoms with Gasteiger partial charge in [0.15, 0.2) is 5.13 Å². The summed E-state index contributed by atoms with van der Waals surface area (Å²) in [6.45, 7) is 4.66. The van der Waals surface area contributed by atoms with Crippen molar-refractivity contribution in [2.24, 2.45) is 0 Å². The van der Waals surface area contributed by atoms with Crippen LogP contribution in [0.4, 0.5) is 5.13 Å². The second kappa shape index (κ2) is 6.61. The number of hydrogen-bond donors (Lipinski definition) is 1. The molecule has 21 heavy (non-hydrogen) atoms. The molecule has 1 amide bonds. The summed E-state index contributed by atoms with van der Waals surface area (Å²) in [5.74, 6) is -0.0916. The SMILES string of the molecule is CC(=O)Nc1nc(CN2CCO[C@H](c3nccs3)C2)cs1. The van der Waals surface area contributed by atoms with Crippen molar-refractivity contribution in [2.45, 2.75) is 19.6 Å². The number of morpholine rings is 1. The Hall–Kier alpha value is -1.35. The summed E-state index contributed by atoms with van der Waals surface area (Å²) in [7, 11) is 0. The smallest absolute Gasteiger partial charge is 0.223 e. The summed E-state index contributed by atoms with van der Waals surface area (Å²) < 4.78 is 5.78. The average molecular weight is 324 g/mol. The van der Waals surface area contributed by atoms with E-state index in [0.717, 1.165) is 30.3 Å². The molecule has 0 saturated carbocycles. The molecular weight excluding hydrogens is 308 g/mol. The molecule has 1 saturated heterocycles. The predicted octanol–water partition coefficient (Wildman–Crippen LogP) is 2.13. The molecule has 0 aliphatic carbocycles. The number of thiazole rings is 2. The van der Waals surface area contributed by atoms with Crippen LogP contribution in [-0.2, 0) is 16.1 Å². The van der Waals surface area contributed by atoms with Gasteiger partial charge in [0, 0.05) is 43.5 Å². The lowest BCUT2D eigenvalue weighted by Crippen LogP contribution is -2.37. The monoisotopic (exact) mass is 324 g/mol. The number of aromatic nitrogens is 2. The molecule has 1 aliphatic heterocycles. The minimum atomic E-state index is -0.0916. The van der Waals surface area contributed by atoms with Crippen molar-refractivity contribution >= 4 is 33.7 Å². The van der Waals surface area contributed by atoms with Crippen LogP contribution >= 0.6 is 22.7 Å². The lowest BCUT2D eigenvalue weighted by Gasteiger charge is -2.31. The molecule has 2 aromatic heterocycles. The molecule has 1 N–H and O–H groups in total. The highest BCUT2D eigenvalue weighted by molar-refractivity contribution is 7.13. The first-order chi connectivity index (χ1) is 10.2. The van der Waals surface area contributed by atoms with Crippen molar-refractivity contribution in [3.05, 3.63) is 27.7 Å². The maximum atomic E-state index is 11.0. The number of nitrogens with one attached hydrogen (secondary N) is 1. The van der Waals surface area contributed by atoms with E-state index in [0.29, 0.717) is 11.7 Å². The largest absolute Gasteiger partial charge is 0.368 e. The van der Waals surface area contributed by atoms with Crippen molar-refractivity contribution < 1.29 is 9.53 Å². The Labute approximate surface area is 130 Å². The van der Waals surface area contributed by atoms with Gasteiger partial charge in [0.2, 0.25) is 5.91 Å². The van der Waals surface area contributed by atoms with Crippen molar-refractivity contribution in [1.29, 1.82) is 0 Å². The molecule has 0 spiro atoms. The number of hydrogen-bond acceptors (Lipinski definition) is 7. The minimum absolute atomic E-state index is 0.0483. The highest BCUT2D eigenvalue weighted by atomic mass is 32.1. The first kappa shape index (κ1) is 14.6. The molecule has 8 heteroatoms. The summed E-state index contributed by atoms with van der Waals surface area (Å²) in [4.78, 5) is 22.1. The third-order valence-electron chi connectivity index (χ3n) is 3.10. The number of nitrogens with zero attached hydrogens (tertiary/aromatic N) is 3. The van der Waals surface area contributed by atoms with E-state index >= 15 is 0 Å². The quantitative estimate of drug-likeness (QED) is 0.933. The van der Waals surface area contributed by atoms with E-state index in [2.05, 4.69) is 20.2 Å². The van der Waals surface area contributed by atoms with Crippen LogP contribution in [0.15, 0.2) is 17.0 Å². The molecule has 3 heterocycles. The van der Waals surface area contributed by atoms with E-state index in [1.165, 1.54) is 18.3 Å². The van der Waals surface area contributed by atoms with Crippen LogP contribution in [0.2, 0.25) is 0 Å². The Morgan fingerprint density at radius 2 is 2.48 bits per heavy atom. The van der Waals surface area contributed by atoms with Gasteiger partial charge in [0.1, 0.15) is 11.1 Å². The normalized spacial score (nSPS) is 19.6. The maximum Gasteiger partial charge on any atom is 0.223 e. The first-order valence-corrected chi connectivity index (χ1v) is 8.42. The molecule has 112 valence electrons. The van der Waals surface area contributed by atoms with Crippen molar-refractivity contribution in [2.75, 3.05) is 25.0 Å². The maximum absolute atomic E-state index is 11.0. The molecule has 3 rings (SSSR count). The predicted molar refractivity (Wildman–Crippen MR) is 82.5 cm³/mol. The minimum Gasteiger partial charge on any atom is -0.368 e. The number of rotatable bonds is 4. The van der Waals surface area contributed by atoms with Crippen LogP contribution in [0.3, 0.4) is 0 Å². The first-order valence-electron chi connectivity index (χ1n) is 6.66. The van der Waals surface area contributed by atoms with Crippen LogP contribution in [-0.4, -0.2) is 40.5 Å². The second-order valence-electron chi connectivity index (χ2n) is 4.79. The van der Waals surface area contributed by atoms with Crippen LogP contribution in [0.1, 0.15) is 23.7 Å². The van der Waals surface area contributed by atoms with E-state index in [-0.39, 0.29) is 12.0 Å². The van der Waals surface area contributed by atoms with Gasteiger partial charge in [0.05, 0.1) is 12.3 Å². The van der Waals surface area contributed by atoms with E-state index in [1.54, 1.807) is 11.3 Å². The Morgan fingerprint density at radius 1 is 1.57 bits per heavy atom. The van der Waals surface area contributed by atoms with Crippen molar-refractivity contribution in [3.63, 3.8) is 0 Å². The van der Waals surface area contributed by atoms with Crippen LogP contribution in [0, 0.1) is 0 Å². The molecule has 1 atom stereocenters. The van der Waals surface area contributed by atoms with Gasteiger partial charge in [-0.15, -0.1) is 22.7 Å². The molecule has 6 nitrogen and oxygen atoms in total. The highest BCUT2D eigenvalue weighted by Gasteiger charge is 2.24. The van der Waals surface area contributed by atoms with Gasteiger partial charge < -0.3 is 10.1 Å². The molecular formula is C13H16N4O2S2. The van der Waals surface area contributed by atoms with Gasteiger partial charge in [-0.1, -0.05) is 0 Å². The van der Waals surface area contributed by atoms with E-state index < -0.39 is 0 Å². The Kier molecular flexibility index (Phi) is 4.59. The standard InChI is InChI=1S/C13H16N4O2S2/c1-9(18)15-13-16-10(8-21-13)6-17-3-4-19-11(7-17)12-14-2-5-20-12/h2,5,8,11H,3-4,6-7H2,1H3,(H,15,16,18)/t11-/m0/s1. The fourth-order valence-corrected chi connectivity index (χ4v) is 3.63. The zero-order valence-corrected chi connectivity index (χ0v) is 13.2. The number of carbonyl (C=O) groups is 1. The van der Waals surface area contributed by atoms with Gasteiger partial charge in [-0.3, -0.25) is 9.69 Å². The second-order valence-corrected chi connectivity index (χ2v) is 6.57. The van der Waals surface area contributed by atoms with E-state index in [4.69, 9.17) is 4.74 Å². The fourth-order valence-electron chi connectivity index (χ4n) is 2.21. The number of amides is 1. The van der Waals surface area contributed by atoms with Crippen LogP contribution in [0.5, 0.6) is 0 Å². The third kappa shape index (κ3) is 3.85.